The van der Waals surface area contributed by atoms with E-state index in [9.17, 15) is 19.2 Å². The van der Waals surface area contributed by atoms with Crippen LogP contribution in [0.5, 0.6) is 5.75 Å². The summed E-state index contributed by atoms with van der Waals surface area (Å²) < 4.78 is 14.6. The van der Waals surface area contributed by atoms with Gasteiger partial charge in [-0.1, -0.05) is 62.2 Å². The summed E-state index contributed by atoms with van der Waals surface area (Å²) in [4.78, 5) is 58.2. The fourth-order valence-corrected chi connectivity index (χ4v) is 6.99. The summed E-state index contributed by atoms with van der Waals surface area (Å²) >= 11 is 0. The van der Waals surface area contributed by atoms with E-state index >= 15 is 0 Å². The Morgan fingerprint density at radius 2 is 1.69 bits per heavy atom. The van der Waals surface area contributed by atoms with Gasteiger partial charge in [-0.15, -0.1) is 0 Å². The summed E-state index contributed by atoms with van der Waals surface area (Å²) in [5, 5.41) is 6.49. The molecule has 12 heteroatoms. The van der Waals surface area contributed by atoms with Crippen molar-refractivity contribution in [2.45, 2.75) is 57.7 Å². The molecule has 1 aromatic heterocycles. The van der Waals surface area contributed by atoms with Gasteiger partial charge in [-0.05, 0) is 30.5 Å². The lowest BCUT2D eigenvalue weighted by Crippen LogP contribution is -2.47. The van der Waals surface area contributed by atoms with Crippen molar-refractivity contribution < 1.29 is 23.9 Å². The van der Waals surface area contributed by atoms with E-state index in [1.54, 1.807) is 20.1 Å². The summed E-state index contributed by atoms with van der Waals surface area (Å²) in [7, 11) is 0. The molecule has 12 nitrogen and oxygen atoms in total. The fraction of sp³-hybridized carbons (Fsp3) is 0.500. The number of aromatic nitrogens is 2. The number of benzene rings is 2. The van der Waals surface area contributed by atoms with Gasteiger partial charge in [0.2, 0.25) is 5.91 Å². The average molecular weight is 659 g/mol. The van der Waals surface area contributed by atoms with Crippen LogP contribution >= 0.6 is 0 Å². The van der Waals surface area contributed by atoms with Crippen molar-refractivity contribution >= 4 is 17.7 Å². The molecule has 3 aliphatic rings. The second kappa shape index (κ2) is 15.7. The highest BCUT2D eigenvalue weighted by atomic mass is 16.5. The minimum absolute atomic E-state index is 0.0540. The predicted molar refractivity (Wildman–Crippen MR) is 181 cm³/mol. The third-order valence-corrected chi connectivity index (χ3v) is 9.52. The van der Waals surface area contributed by atoms with Crippen molar-refractivity contribution in [1.29, 1.82) is 0 Å². The first kappa shape index (κ1) is 33.5. The van der Waals surface area contributed by atoms with Gasteiger partial charge in [0, 0.05) is 57.3 Å². The molecule has 0 radical (unpaired) electrons. The van der Waals surface area contributed by atoms with Crippen LogP contribution in [0, 0.1) is 0 Å². The van der Waals surface area contributed by atoms with E-state index in [1.165, 1.54) is 0 Å². The quantitative estimate of drug-likeness (QED) is 0.343. The maximum Gasteiger partial charge on any atom is 0.329 e. The average Bonchev–Trinajstić information content (AvgIpc) is 3.42. The first-order valence-corrected chi connectivity index (χ1v) is 17.2. The van der Waals surface area contributed by atoms with Crippen LogP contribution in [0.4, 0.5) is 0 Å². The van der Waals surface area contributed by atoms with Gasteiger partial charge in [-0.25, -0.2) is 4.79 Å². The van der Waals surface area contributed by atoms with Gasteiger partial charge in [0.25, 0.3) is 11.8 Å². The van der Waals surface area contributed by atoms with E-state index in [-0.39, 0.29) is 48.6 Å². The molecule has 1 unspecified atom stereocenters. The molecule has 1 saturated carbocycles. The molecule has 6 rings (SSSR count). The number of piperazine rings is 1. The maximum atomic E-state index is 14.8. The molecule has 1 aliphatic carbocycles. The van der Waals surface area contributed by atoms with E-state index in [4.69, 9.17) is 9.47 Å². The standard InChI is InChI=1S/C36H46N6O6/c1-2-31(43)38-29-13-6-7-14-30(29)42-33(27-10-4-3-5-11-27)34(35(45)40-17-15-37-16-18-40)41(36(42)46)24-26-9-8-12-28(23-26)48-25-32(44)39-19-21-47-22-20-39/h3-5,8-12,23,29-30,37H,2,6-7,13-22,24-25H2,1H3,(H,38,43)/t29-,30?/m0/s1. The fourth-order valence-electron chi connectivity index (χ4n) is 6.99. The van der Waals surface area contributed by atoms with Crippen molar-refractivity contribution in [1.82, 2.24) is 29.6 Å². The minimum Gasteiger partial charge on any atom is -0.484 e. The van der Waals surface area contributed by atoms with Crippen molar-refractivity contribution in [3.05, 3.63) is 76.3 Å². The Kier molecular flexibility index (Phi) is 10.9. The van der Waals surface area contributed by atoms with Crippen LogP contribution in [0.15, 0.2) is 59.4 Å². The maximum absolute atomic E-state index is 14.8. The van der Waals surface area contributed by atoms with Gasteiger partial charge in [0.05, 0.1) is 31.5 Å². The van der Waals surface area contributed by atoms with Gasteiger partial charge >= 0.3 is 5.69 Å². The van der Waals surface area contributed by atoms with Crippen molar-refractivity contribution in [2.24, 2.45) is 0 Å². The molecule has 2 N–H and O–H groups in total. The Labute approximate surface area is 281 Å². The Morgan fingerprint density at radius 1 is 0.938 bits per heavy atom. The molecular weight excluding hydrogens is 612 g/mol. The summed E-state index contributed by atoms with van der Waals surface area (Å²) in [5.74, 6) is 0.154. The van der Waals surface area contributed by atoms with E-state index in [2.05, 4.69) is 10.6 Å². The van der Waals surface area contributed by atoms with Gasteiger partial charge in [-0.2, -0.15) is 0 Å². The Bertz CT molecular complexity index is 1640. The number of nitrogens with zero attached hydrogens (tertiary/aromatic N) is 4. The lowest BCUT2D eigenvalue weighted by atomic mass is 9.89. The van der Waals surface area contributed by atoms with Crippen LogP contribution in [0.2, 0.25) is 0 Å². The monoisotopic (exact) mass is 658 g/mol. The molecule has 3 heterocycles. The lowest BCUT2D eigenvalue weighted by Gasteiger charge is -2.34. The summed E-state index contributed by atoms with van der Waals surface area (Å²) in [6.45, 7) is 6.39. The van der Waals surface area contributed by atoms with Crippen molar-refractivity contribution in [2.75, 3.05) is 59.1 Å². The van der Waals surface area contributed by atoms with Gasteiger partial charge < -0.3 is 29.9 Å². The number of rotatable bonds is 10. The third-order valence-electron chi connectivity index (χ3n) is 9.52. The zero-order valence-corrected chi connectivity index (χ0v) is 27.7. The Balaban J connectivity index is 1.41. The zero-order valence-electron chi connectivity index (χ0n) is 27.7. The van der Waals surface area contributed by atoms with Crippen LogP contribution in [-0.4, -0.2) is 102 Å². The highest BCUT2D eigenvalue weighted by Gasteiger charge is 2.36. The Hall–Kier alpha value is -4.42. The predicted octanol–water partition coefficient (Wildman–Crippen LogP) is 2.66. The number of nitrogens with one attached hydrogen (secondary N) is 2. The molecule has 2 atom stereocenters. The van der Waals surface area contributed by atoms with Gasteiger partial charge in [0.15, 0.2) is 6.61 Å². The van der Waals surface area contributed by atoms with Crippen molar-refractivity contribution in [3.63, 3.8) is 0 Å². The van der Waals surface area contributed by atoms with Gasteiger partial charge in [-0.3, -0.25) is 23.5 Å². The molecule has 0 bridgehead atoms. The lowest BCUT2D eigenvalue weighted by molar-refractivity contribution is -0.137. The minimum atomic E-state index is -0.311. The molecule has 2 saturated heterocycles. The van der Waals surface area contributed by atoms with Crippen LogP contribution in [-0.2, 0) is 20.9 Å². The number of carbonyl (C=O) groups excluding carboxylic acids is 3. The highest BCUT2D eigenvalue weighted by Crippen LogP contribution is 2.35. The molecule has 256 valence electrons. The molecule has 2 aliphatic heterocycles. The van der Waals surface area contributed by atoms with Crippen LogP contribution in [0.1, 0.15) is 61.1 Å². The zero-order chi connectivity index (χ0) is 33.5. The van der Waals surface area contributed by atoms with E-state index in [0.29, 0.717) is 82.5 Å². The molecule has 3 aromatic rings. The number of hydrogen-bond acceptors (Lipinski definition) is 7. The number of ether oxygens (including phenoxy) is 2. The molecule has 48 heavy (non-hydrogen) atoms. The van der Waals surface area contributed by atoms with Crippen LogP contribution in [0.25, 0.3) is 11.3 Å². The summed E-state index contributed by atoms with van der Waals surface area (Å²) in [6, 6.07) is 16.4. The van der Waals surface area contributed by atoms with Crippen LogP contribution in [0.3, 0.4) is 0 Å². The molecule has 3 amide bonds. The summed E-state index contributed by atoms with van der Waals surface area (Å²) in [5.41, 5.74) is 2.17. The molecule has 0 spiro atoms. The van der Waals surface area contributed by atoms with Crippen molar-refractivity contribution in [3.8, 4) is 17.0 Å². The SMILES string of the molecule is CCC(=O)N[C@H]1CCCCC1n1c(-c2ccccc2)c(C(=O)N2CCNCC2)n(Cc2cccc(OCC(=O)N3CCOCC3)c2)c1=O. The van der Waals surface area contributed by atoms with Crippen LogP contribution < -0.4 is 21.1 Å². The smallest absolute Gasteiger partial charge is 0.329 e. The number of imidazole rings is 1. The number of hydrogen-bond donors (Lipinski definition) is 2. The highest BCUT2D eigenvalue weighted by molar-refractivity contribution is 5.99. The largest absolute Gasteiger partial charge is 0.484 e. The second-order valence-corrected chi connectivity index (χ2v) is 12.7. The Morgan fingerprint density at radius 3 is 2.44 bits per heavy atom. The molecule has 2 aromatic carbocycles. The first-order valence-electron chi connectivity index (χ1n) is 17.2. The molecular formula is C36H46N6O6. The van der Waals surface area contributed by atoms with E-state index in [1.807, 2.05) is 60.4 Å². The number of amides is 3. The second-order valence-electron chi connectivity index (χ2n) is 12.7. The normalized spacial score (nSPS) is 19.9. The van der Waals surface area contributed by atoms with Gasteiger partial charge in [0.1, 0.15) is 11.4 Å². The van der Waals surface area contributed by atoms with E-state index < -0.39 is 0 Å². The number of carbonyl (C=O) groups is 3. The molecule has 3 fully saturated rings. The number of morpholine rings is 1. The third kappa shape index (κ3) is 7.50. The first-order chi connectivity index (χ1) is 23.4. The van der Waals surface area contributed by atoms with E-state index in [0.717, 1.165) is 30.4 Å². The topological polar surface area (TPSA) is 127 Å². The summed E-state index contributed by atoms with van der Waals surface area (Å²) in [6.07, 6.45) is 3.69.